The van der Waals surface area contributed by atoms with Crippen LogP contribution in [0.15, 0.2) is 53.6 Å². The lowest BCUT2D eigenvalue weighted by Gasteiger charge is -2.15. The Hall–Kier alpha value is -3.73. The van der Waals surface area contributed by atoms with Crippen LogP contribution in [0.1, 0.15) is 56.3 Å². The molecular weight excluding hydrogens is 523 g/mol. The highest BCUT2D eigenvalue weighted by molar-refractivity contribution is 7.90. The van der Waals surface area contributed by atoms with Crippen molar-refractivity contribution in [3.05, 3.63) is 59.9 Å². The number of amides is 1. The third-order valence-corrected chi connectivity index (χ3v) is 7.57. The number of nitrogen functional groups attached to an aromatic ring is 1. The van der Waals surface area contributed by atoms with Crippen LogP contribution >= 0.6 is 0 Å². The summed E-state index contributed by atoms with van der Waals surface area (Å²) >= 11 is 0. The third-order valence-electron chi connectivity index (χ3n) is 6.34. The Morgan fingerprint density at radius 1 is 1.10 bits per heavy atom. The zero-order valence-corrected chi connectivity index (χ0v) is 22.8. The molecule has 1 saturated carbocycles. The van der Waals surface area contributed by atoms with Crippen molar-refractivity contribution in [1.29, 1.82) is 0 Å². The molecule has 1 fully saturated rings. The van der Waals surface area contributed by atoms with E-state index in [1.807, 2.05) is 18.6 Å². The molecular formula is C28H33FN4O5S. The minimum atomic E-state index is -4.31. The summed E-state index contributed by atoms with van der Waals surface area (Å²) in [5.41, 5.74) is 6.30. The van der Waals surface area contributed by atoms with Gasteiger partial charge in [0, 0.05) is 11.6 Å². The molecule has 208 valence electrons. The maximum Gasteiger partial charge on any atom is 0.281 e. The summed E-state index contributed by atoms with van der Waals surface area (Å²) in [4.78, 5) is 21.4. The molecule has 0 spiro atoms. The standard InChI is InChI=1S/C28H33FN4O5S/c1-18(2)17-38-22-15-20(14-21(29)16-22)24-11-10-23(28(31-24)37-13-12-19-6-3-4-7-19)27(34)33-39(35,36)26-9-5-8-25(30)32-26/h5,8-11,14-16,18-19H,3-4,6-7,12-13,17H2,1-2H3,(H2,30,32)(H,33,34). The maximum absolute atomic E-state index is 14.4. The van der Waals surface area contributed by atoms with Gasteiger partial charge in [0.15, 0.2) is 5.03 Å². The normalized spacial score (nSPS) is 13.9. The van der Waals surface area contributed by atoms with Crippen LogP contribution in [0.5, 0.6) is 11.6 Å². The molecule has 39 heavy (non-hydrogen) atoms. The van der Waals surface area contributed by atoms with Crippen molar-refractivity contribution in [3.63, 3.8) is 0 Å². The number of ether oxygens (including phenoxy) is 2. The lowest BCUT2D eigenvalue weighted by Crippen LogP contribution is -2.31. The fraction of sp³-hybridized carbons (Fsp3) is 0.393. The van der Waals surface area contributed by atoms with E-state index in [4.69, 9.17) is 15.2 Å². The summed E-state index contributed by atoms with van der Waals surface area (Å²) in [6.45, 7) is 4.70. The molecule has 0 aliphatic heterocycles. The minimum Gasteiger partial charge on any atom is -0.493 e. The number of benzene rings is 1. The Balaban J connectivity index is 1.62. The van der Waals surface area contributed by atoms with Crippen molar-refractivity contribution < 1.29 is 27.1 Å². The van der Waals surface area contributed by atoms with Crippen LogP contribution in [0.4, 0.5) is 10.2 Å². The van der Waals surface area contributed by atoms with Gasteiger partial charge in [0.05, 0.1) is 18.9 Å². The third kappa shape index (κ3) is 7.66. The molecule has 0 atom stereocenters. The van der Waals surface area contributed by atoms with Gasteiger partial charge in [-0.15, -0.1) is 0 Å². The largest absolute Gasteiger partial charge is 0.493 e. The molecule has 0 radical (unpaired) electrons. The monoisotopic (exact) mass is 556 g/mol. The number of hydrogen-bond donors (Lipinski definition) is 2. The van der Waals surface area contributed by atoms with Gasteiger partial charge in [0.2, 0.25) is 5.88 Å². The lowest BCUT2D eigenvalue weighted by molar-refractivity contribution is 0.0976. The Morgan fingerprint density at radius 3 is 2.59 bits per heavy atom. The number of nitrogens with zero attached hydrogens (tertiary/aromatic N) is 2. The van der Waals surface area contributed by atoms with Crippen molar-refractivity contribution in [2.45, 2.75) is 51.0 Å². The van der Waals surface area contributed by atoms with Crippen LogP contribution in [-0.2, 0) is 10.0 Å². The fourth-order valence-electron chi connectivity index (χ4n) is 4.37. The van der Waals surface area contributed by atoms with Crippen molar-refractivity contribution in [2.24, 2.45) is 11.8 Å². The van der Waals surface area contributed by atoms with E-state index in [0.29, 0.717) is 36.1 Å². The van der Waals surface area contributed by atoms with Gasteiger partial charge in [-0.3, -0.25) is 4.79 Å². The van der Waals surface area contributed by atoms with Gasteiger partial charge in [0.1, 0.15) is 22.9 Å². The molecule has 2 aromatic heterocycles. The number of hydrogen-bond acceptors (Lipinski definition) is 8. The van der Waals surface area contributed by atoms with Gasteiger partial charge in [-0.25, -0.2) is 19.1 Å². The van der Waals surface area contributed by atoms with E-state index >= 15 is 0 Å². The van der Waals surface area contributed by atoms with Gasteiger partial charge >= 0.3 is 0 Å². The van der Waals surface area contributed by atoms with Crippen LogP contribution < -0.4 is 19.9 Å². The maximum atomic E-state index is 14.4. The number of carbonyl (C=O) groups is 1. The number of anilines is 1. The molecule has 2 heterocycles. The average Bonchev–Trinajstić information content (AvgIpc) is 3.40. The van der Waals surface area contributed by atoms with Crippen molar-refractivity contribution in [1.82, 2.24) is 14.7 Å². The zero-order chi connectivity index (χ0) is 28.0. The topological polar surface area (TPSA) is 134 Å². The lowest BCUT2D eigenvalue weighted by atomic mass is 10.1. The SMILES string of the molecule is CC(C)COc1cc(F)cc(-c2ccc(C(=O)NS(=O)(=O)c3cccc(N)n3)c(OCCC3CCCC3)n2)c1. The van der Waals surface area contributed by atoms with Crippen LogP contribution in [-0.4, -0.2) is 37.5 Å². The first-order chi connectivity index (χ1) is 18.6. The second kappa shape index (κ2) is 12.4. The van der Waals surface area contributed by atoms with Crippen molar-refractivity contribution in [3.8, 4) is 22.9 Å². The van der Waals surface area contributed by atoms with Gasteiger partial charge in [-0.05, 0) is 54.7 Å². The molecule has 0 saturated heterocycles. The number of nitrogens with one attached hydrogen (secondary N) is 1. The first kappa shape index (κ1) is 28.3. The summed E-state index contributed by atoms with van der Waals surface area (Å²) in [5, 5.41) is -0.391. The van der Waals surface area contributed by atoms with E-state index in [1.165, 1.54) is 55.3 Å². The number of carbonyl (C=O) groups excluding carboxylic acids is 1. The average molecular weight is 557 g/mol. The minimum absolute atomic E-state index is 0.000819. The van der Waals surface area contributed by atoms with Gasteiger partial charge < -0.3 is 15.2 Å². The molecule has 0 unspecified atom stereocenters. The van der Waals surface area contributed by atoms with Gasteiger partial charge in [0.25, 0.3) is 15.9 Å². The number of pyridine rings is 2. The molecule has 4 rings (SSSR count). The van der Waals surface area contributed by atoms with Crippen molar-refractivity contribution in [2.75, 3.05) is 18.9 Å². The summed E-state index contributed by atoms with van der Waals surface area (Å²) in [6, 6.07) is 11.3. The van der Waals surface area contributed by atoms with E-state index in [-0.39, 0.29) is 23.2 Å². The molecule has 3 aromatic rings. The first-order valence-corrected chi connectivity index (χ1v) is 14.5. The molecule has 3 N–H and O–H groups in total. The Bertz CT molecular complexity index is 1430. The second-order valence-electron chi connectivity index (χ2n) is 10.1. The Morgan fingerprint density at radius 2 is 1.87 bits per heavy atom. The summed E-state index contributed by atoms with van der Waals surface area (Å²) in [7, 11) is -4.31. The predicted octanol–water partition coefficient (Wildman–Crippen LogP) is 4.98. The molecule has 9 nitrogen and oxygen atoms in total. The molecule has 0 bridgehead atoms. The van der Waals surface area contributed by atoms with Crippen molar-refractivity contribution >= 4 is 21.7 Å². The number of aromatic nitrogens is 2. The number of nitrogens with two attached hydrogens (primary N) is 1. The van der Waals surface area contributed by atoms with E-state index in [1.54, 1.807) is 6.07 Å². The number of halogens is 1. The number of rotatable bonds is 11. The Labute approximate surface area is 228 Å². The molecule has 1 aliphatic rings. The van der Waals surface area contributed by atoms with E-state index in [9.17, 15) is 17.6 Å². The fourth-order valence-corrected chi connectivity index (χ4v) is 5.31. The van der Waals surface area contributed by atoms with E-state index in [0.717, 1.165) is 19.3 Å². The molecule has 1 aliphatic carbocycles. The zero-order valence-electron chi connectivity index (χ0n) is 22.0. The molecule has 1 amide bonds. The summed E-state index contributed by atoms with van der Waals surface area (Å²) in [5.74, 6) is -0.345. The van der Waals surface area contributed by atoms with E-state index in [2.05, 4.69) is 9.97 Å². The van der Waals surface area contributed by atoms with Crippen LogP contribution in [0.25, 0.3) is 11.3 Å². The Kier molecular flexibility index (Phi) is 9.01. The highest BCUT2D eigenvalue weighted by Crippen LogP contribution is 2.30. The first-order valence-electron chi connectivity index (χ1n) is 13.0. The van der Waals surface area contributed by atoms with Gasteiger partial charge in [-0.2, -0.15) is 8.42 Å². The van der Waals surface area contributed by atoms with Crippen LogP contribution in [0.2, 0.25) is 0 Å². The molecule has 1 aromatic carbocycles. The predicted molar refractivity (Wildman–Crippen MR) is 145 cm³/mol. The highest BCUT2D eigenvalue weighted by Gasteiger charge is 2.24. The summed E-state index contributed by atoms with van der Waals surface area (Å²) < 4.78 is 53.6. The quantitative estimate of drug-likeness (QED) is 0.338. The van der Waals surface area contributed by atoms with Crippen LogP contribution in [0, 0.1) is 17.7 Å². The smallest absolute Gasteiger partial charge is 0.281 e. The van der Waals surface area contributed by atoms with Gasteiger partial charge in [-0.1, -0.05) is 45.6 Å². The molecule has 11 heteroatoms. The highest BCUT2D eigenvalue weighted by atomic mass is 32.2. The number of sulfonamides is 1. The van der Waals surface area contributed by atoms with Crippen LogP contribution in [0.3, 0.4) is 0 Å². The summed E-state index contributed by atoms with van der Waals surface area (Å²) in [6.07, 6.45) is 5.40. The van der Waals surface area contributed by atoms with E-state index < -0.39 is 26.8 Å². The second-order valence-corrected chi connectivity index (χ2v) is 11.7.